The van der Waals surface area contributed by atoms with Gasteiger partial charge in [0.2, 0.25) is 12.4 Å². The number of pyridine rings is 2. The van der Waals surface area contributed by atoms with Gasteiger partial charge in [0.05, 0.1) is 24.0 Å². The fraction of sp³-hybridized carbons (Fsp3) is 0.182. The van der Waals surface area contributed by atoms with E-state index in [1.54, 1.807) is 9.46 Å². The second-order valence-corrected chi connectivity index (χ2v) is 11.8. The first-order valence-electron chi connectivity index (χ1n) is 11.1. The van der Waals surface area contributed by atoms with Gasteiger partial charge in [0.1, 0.15) is 0 Å². The average molecular weight is 652 g/mol. The van der Waals surface area contributed by atoms with Crippen molar-refractivity contribution in [3.63, 3.8) is 0 Å². The van der Waals surface area contributed by atoms with Gasteiger partial charge in [-0.15, -0.1) is 0 Å². The van der Waals surface area contributed by atoms with Crippen LogP contribution in [-0.2, 0) is 4.74 Å². The van der Waals surface area contributed by atoms with E-state index >= 15 is 0 Å². The van der Waals surface area contributed by atoms with Gasteiger partial charge in [0.15, 0.2) is 13.2 Å². The largest absolute Gasteiger partial charge is 0.374 e. The van der Waals surface area contributed by atoms with E-state index in [4.69, 9.17) is 14.4 Å². The van der Waals surface area contributed by atoms with Gasteiger partial charge in [-0.2, -0.15) is 0 Å². The second-order valence-electron chi connectivity index (χ2n) is 7.98. The van der Waals surface area contributed by atoms with E-state index < -0.39 is 15.6 Å². The molecule has 0 amide bonds. The number of hydrogen-bond donors (Lipinski definition) is 0. The minimum atomic E-state index is -10.7. The Labute approximate surface area is 223 Å². The van der Waals surface area contributed by atoms with Crippen LogP contribution in [0.5, 0.6) is 0 Å². The molecule has 2 aromatic carbocycles. The summed E-state index contributed by atoms with van der Waals surface area (Å²) in [7, 11) is -21.3. The summed E-state index contributed by atoms with van der Waals surface area (Å²) in [6.45, 7) is 1.94. The summed E-state index contributed by atoms with van der Waals surface area (Å²) in [6.07, 6.45) is 3.81. The third kappa shape index (κ3) is 18.7. The summed E-state index contributed by atoms with van der Waals surface area (Å²) in [6, 6.07) is 24.3. The van der Waals surface area contributed by atoms with Crippen LogP contribution in [0.25, 0.3) is 21.8 Å². The monoisotopic (exact) mass is 652 g/mol. The molecule has 2 aromatic heterocycles. The average Bonchev–Trinajstić information content (AvgIpc) is 2.80. The molecule has 19 heteroatoms. The van der Waals surface area contributed by atoms with E-state index in [0.717, 1.165) is 21.8 Å². The quantitative estimate of drug-likeness (QED) is 0.0826. The van der Waals surface area contributed by atoms with E-state index in [1.807, 2.05) is 60.9 Å². The minimum Gasteiger partial charge on any atom is -0.374 e. The zero-order valence-corrected chi connectivity index (χ0v) is 22.2. The predicted octanol–water partition coefficient (Wildman–Crippen LogP) is 8.91. The second kappa shape index (κ2) is 10.9. The zero-order chi connectivity index (χ0) is 31.1. The van der Waals surface area contributed by atoms with Gasteiger partial charge in [-0.3, -0.25) is 9.68 Å². The molecule has 0 bridgehead atoms. The Morgan fingerprint density at radius 1 is 0.439 bits per heavy atom. The van der Waals surface area contributed by atoms with Crippen molar-refractivity contribution in [3.05, 3.63) is 85.2 Å². The van der Waals surface area contributed by atoms with Gasteiger partial charge in [-0.25, -0.2) is 0 Å². The number of aromatic nitrogens is 2. The summed E-state index contributed by atoms with van der Waals surface area (Å²) in [5.74, 6) is 0. The molecule has 0 aliphatic carbocycles. The zero-order valence-electron chi connectivity index (χ0n) is 20.5. The number of fused-ring (bicyclic) bond motifs is 2. The van der Waals surface area contributed by atoms with E-state index in [2.05, 4.69) is 24.3 Å². The third-order valence-electron chi connectivity index (χ3n) is 4.26. The first-order valence-corrected chi connectivity index (χ1v) is 15.1. The normalized spacial score (nSPS) is 15.1. The Bertz CT molecular complexity index is 1330. The first-order chi connectivity index (χ1) is 18.3. The van der Waals surface area contributed by atoms with Gasteiger partial charge >= 0.3 is 66.0 Å². The van der Waals surface area contributed by atoms with Gasteiger partial charge in [-0.05, 0) is 24.3 Å². The molecule has 0 spiro atoms. The smallest absolute Gasteiger partial charge is 0.264 e. The summed E-state index contributed by atoms with van der Waals surface area (Å²) < 4.78 is 128. The van der Waals surface area contributed by atoms with Crippen molar-refractivity contribution in [3.8, 4) is 0 Å². The van der Waals surface area contributed by atoms with Crippen molar-refractivity contribution >= 4 is 37.4 Å². The SMILES string of the molecule is F[P-](F)(F)(F)(F)F.F[P-](F)(F)(F)(F)F.c1ccc2c(c1)ccc[n+]2OCCOCCO[n+]1cccc2ccccc21. The number of ether oxygens (including phenoxy) is 1. The molecule has 2 heterocycles. The van der Waals surface area contributed by atoms with Gasteiger partial charge in [-0.1, -0.05) is 24.3 Å². The Balaban J connectivity index is 0.000000349. The van der Waals surface area contributed by atoms with Crippen LogP contribution in [-0.4, -0.2) is 26.4 Å². The molecule has 0 aliphatic heterocycles. The number of rotatable bonds is 8. The molecule has 0 unspecified atom stereocenters. The van der Waals surface area contributed by atoms with Crippen molar-refractivity contribution in [2.45, 2.75) is 0 Å². The Hall–Kier alpha value is -3.16. The summed E-state index contributed by atoms with van der Waals surface area (Å²) in [5.41, 5.74) is 2.08. The van der Waals surface area contributed by atoms with Crippen molar-refractivity contribution in [2.24, 2.45) is 0 Å². The van der Waals surface area contributed by atoms with Crippen LogP contribution in [0.15, 0.2) is 85.2 Å². The molecule has 4 aromatic rings. The number of benzene rings is 2. The first kappa shape index (κ1) is 34.0. The molecule has 0 radical (unpaired) electrons. The van der Waals surface area contributed by atoms with Gasteiger partial charge in [0.25, 0.3) is 11.0 Å². The van der Waals surface area contributed by atoms with Crippen LogP contribution in [0.1, 0.15) is 0 Å². The number of para-hydroxylation sites is 2. The topological polar surface area (TPSA) is 35.5 Å². The Morgan fingerprint density at radius 2 is 0.732 bits per heavy atom. The van der Waals surface area contributed by atoms with Crippen molar-refractivity contribution in [2.75, 3.05) is 26.4 Å². The molecule has 0 aliphatic rings. The summed E-state index contributed by atoms with van der Waals surface area (Å²) >= 11 is 0. The fourth-order valence-electron chi connectivity index (χ4n) is 2.98. The Kier molecular flexibility index (Phi) is 9.06. The summed E-state index contributed by atoms with van der Waals surface area (Å²) in [5, 5.41) is 2.28. The molecule has 0 saturated carbocycles. The van der Waals surface area contributed by atoms with E-state index in [9.17, 15) is 50.4 Å². The van der Waals surface area contributed by atoms with Crippen molar-refractivity contribution < 1.29 is 74.2 Å². The minimum absolute atomic E-state index is 0.472. The van der Waals surface area contributed by atoms with Gasteiger partial charge in [0, 0.05) is 33.7 Å². The standard InChI is InChI=1S/C22H22N2O3.2F6P/c1-3-11-21-19(7-1)9-5-13-23(21)26-17-15-25-16-18-27-24-14-6-10-20-8-2-4-12-22(20)24;2*1-7(2,3,4,5)6/h1-14H,15-18H2;;/q+2;2*-1. The van der Waals surface area contributed by atoms with E-state index in [0.29, 0.717) is 26.4 Å². The van der Waals surface area contributed by atoms with Crippen molar-refractivity contribution in [1.82, 2.24) is 0 Å². The molecular weight excluding hydrogens is 630 g/mol. The maximum Gasteiger partial charge on any atom is 0.264 e. The fourth-order valence-corrected chi connectivity index (χ4v) is 2.98. The van der Waals surface area contributed by atoms with Crippen LogP contribution in [0.2, 0.25) is 0 Å². The number of nitrogens with zero attached hydrogens (tertiary/aromatic N) is 2. The molecule has 4 rings (SSSR count). The molecule has 5 nitrogen and oxygen atoms in total. The van der Waals surface area contributed by atoms with Crippen molar-refractivity contribution in [1.29, 1.82) is 0 Å². The van der Waals surface area contributed by atoms with Gasteiger partial charge < -0.3 is 4.74 Å². The van der Waals surface area contributed by atoms with Crippen LogP contribution >= 0.6 is 15.6 Å². The van der Waals surface area contributed by atoms with Crippen LogP contribution in [0, 0.1) is 0 Å². The molecule has 232 valence electrons. The maximum absolute atomic E-state index is 10.7. The molecular formula is C22H22F12N2O3P2. The summed E-state index contributed by atoms with van der Waals surface area (Å²) in [4.78, 5) is 11.6. The molecule has 0 atom stereocenters. The molecule has 0 saturated heterocycles. The molecule has 0 fully saturated rings. The maximum atomic E-state index is 9.87. The van der Waals surface area contributed by atoms with E-state index in [-0.39, 0.29) is 0 Å². The van der Waals surface area contributed by atoms with Crippen LogP contribution in [0.4, 0.5) is 50.4 Å². The Morgan fingerprint density at radius 3 is 1.07 bits per heavy atom. The number of hydrogen-bond acceptors (Lipinski definition) is 3. The number of halogens is 12. The molecule has 41 heavy (non-hydrogen) atoms. The van der Waals surface area contributed by atoms with E-state index in [1.165, 1.54) is 0 Å². The molecule has 0 N–H and O–H groups in total. The predicted molar refractivity (Wildman–Crippen MR) is 129 cm³/mol. The van der Waals surface area contributed by atoms with Crippen LogP contribution < -0.4 is 19.1 Å². The van der Waals surface area contributed by atoms with Crippen LogP contribution in [0.3, 0.4) is 0 Å². The third-order valence-corrected chi connectivity index (χ3v) is 4.26.